The first kappa shape index (κ1) is 17.5. The summed E-state index contributed by atoms with van der Waals surface area (Å²) in [5, 5.41) is 7.53. The van der Waals surface area contributed by atoms with Crippen LogP contribution in [0.25, 0.3) is 5.69 Å². The fraction of sp³-hybridized carbons (Fsp3) is 0.333. The molecule has 5 nitrogen and oxygen atoms in total. The Morgan fingerprint density at radius 1 is 1.29 bits per heavy atom. The first-order chi connectivity index (χ1) is 9.70. The van der Waals surface area contributed by atoms with Crippen molar-refractivity contribution in [3.8, 4) is 5.69 Å². The second kappa shape index (κ2) is 8.66. The lowest BCUT2D eigenvalue weighted by atomic mass is 10.1. The van der Waals surface area contributed by atoms with E-state index in [0.717, 1.165) is 24.6 Å². The second-order valence-corrected chi connectivity index (χ2v) is 4.74. The molecule has 0 aliphatic rings. The van der Waals surface area contributed by atoms with Crippen LogP contribution in [0.1, 0.15) is 5.56 Å². The predicted octanol–water partition coefficient (Wildman–Crippen LogP) is 2.17. The molecule has 1 heterocycles. The number of guanidine groups is 1. The lowest BCUT2D eigenvalue weighted by Crippen LogP contribution is -2.37. The maximum Gasteiger partial charge on any atom is 0.193 e. The molecule has 21 heavy (non-hydrogen) atoms. The highest BCUT2D eigenvalue weighted by Crippen LogP contribution is 2.08. The van der Waals surface area contributed by atoms with Crippen LogP contribution in [0.4, 0.5) is 0 Å². The summed E-state index contributed by atoms with van der Waals surface area (Å²) in [5.74, 6) is 0.901. The quantitative estimate of drug-likeness (QED) is 0.487. The van der Waals surface area contributed by atoms with Crippen molar-refractivity contribution in [1.82, 2.24) is 20.0 Å². The molecule has 0 unspecified atom stereocenters. The molecule has 114 valence electrons. The minimum absolute atomic E-state index is 0. The molecule has 0 fully saturated rings. The van der Waals surface area contributed by atoms with Crippen LogP contribution < -0.4 is 5.32 Å². The van der Waals surface area contributed by atoms with Gasteiger partial charge in [0, 0.05) is 40.1 Å². The molecule has 6 heteroatoms. The molecule has 1 aromatic carbocycles. The van der Waals surface area contributed by atoms with Crippen molar-refractivity contribution >= 4 is 29.9 Å². The number of benzene rings is 1. The Hall–Kier alpha value is -1.57. The number of hydrogen-bond donors (Lipinski definition) is 1. The van der Waals surface area contributed by atoms with Gasteiger partial charge < -0.3 is 10.2 Å². The van der Waals surface area contributed by atoms with Crippen molar-refractivity contribution in [3.63, 3.8) is 0 Å². The maximum atomic E-state index is 4.22. The normalized spacial score (nSPS) is 10.9. The highest BCUT2D eigenvalue weighted by molar-refractivity contribution is 14.0. The predicted molar refractivity (Wildman–Crippen MR) is 97.7 cm³/mol. The van der Waals surface area contributed by atoms with E-state index in [1.165, 1.54) is 5.56 Å². The Balaban J connectivity index is 0.00000220. The van der Waals surface area contributed by atoms with Gasteiger partial charge in [0.1, 0.15) is 0 Å². The van der Waals surface area contributed by atoms with Gasteiger partial charge in [0.25, 0.3) is 0 Å². The molecular weight excluding hydrogens is 377 g/mol. The van der Waals surface area contributed by atoms with E-state index in [0.29, 0.717) is 0 Å². The summed E-state index contributed by atoms with van der Waals surface area (Å²) in [6.07, 6.45) is 4.69. The van der Waals surface area contributed by atoms with E-state index in [1.807, 2.05) is 35.9 Å². The summed E-state index contributed by atoms with van der Waals surface area (Å²) in [6.45, 7) is 0.867. The topological polar surface area (TPSA) is 45.5 Å². The van der Waals surface area contributed by atoms with E-state index in [4.69, 9.17) is 0 Å². The highest BCUT2D eigenvalue weighted by Gasteiger charge is 2.00. The fourth-order valence-corrected chi connectivity index (χ4v) is 1.99. The number of halogens is 1. The van der Waals surface area contributed by atoms with E-state index in [1.54, 1.807) is 13.2 Å². The van der Waals surface area contributed by atoms with Gasteiger partial charge in [0.2, 0.25) is 0 Å². The van der Waals surface area contributed by atoms with E-state index in [-0.39, 0.29) is 24.0 Å². The van der Waals surface area contributed by atoms with Gasteiger partial charge >= 0.3 is 0 Å². The molecule has 0 bridgehead atoms. The Kier molecular flexibility index (Phi) is 7.21. The molecule has 1 N–H and O–H groups in total. The monoisotopic (exact) mass is 399 g/mol. The average molecular weight is 399 g/mol. The lowest BCUT2D eigenvalue weighted by molar-refractivity contribution is 0.583. The Morgan fingerprint density at radius 3 is 2.52 bits per heavy atom. The van der Waals surface area contributed by atoms with E-state index in [9.17, 15) is 0 Å². The summed E-state index contributed by atoms with van der Waals surface area (Å²) in [4.78, 5) is 6.16. The smallest absolute Gasteiger partial charge is 0.193 e. The van der Waals surface area contributed by atoms with Gasteiger partial charge in [-0.3, -0.25) is 4.99 Å². The van der Waals surface area contributed by atoms with E-state index in [2.05, 4.69) is 39.7 Å². The summed E-state index contributed by atoms with van der Waals surface area (Å²) in [5.41, 5.74) is 2.37. The summed E-state index contributed by atoms with van der Waals surface area (Å²) >= 11 is 0. The van der Waals surface area contributed by atoms with Gasteiger partial charge in [-0.2, -0.15) is 5.10 Å². The SMILES string of the molecule is CN=C(NCCc1ccc(-n2cccn2)cc1)N(C)C.I. The van der Waals surface area contributed by atoms with Crippen molar-refractivity contribution in [2.75, 3.05) is 27.7 Å². The lowest BCUT2D eigenvalue weighted by Gasteiger charge is -2.16. The minimum atomic E-state index is 0. The van der Waals surface area contributed by atoms with Crippen molar-refractivity contribution in [3.05, 3.63) is 48.3 Å². The van der Waals surface area contributed by atoms with Gasteiger partial charge in [-0.1, -0.05) is 12.1 Å². The third-order valence-electron chi connectivity index (χ3n) is 3.04. The van der Waals surface area contributed by atoms with Gasteiger partial charge in [-0.25, -0.2) is 4.68 Å². The molecule has 2 aromatic rings. The molecule has 0 aliphatic carbocycles. The molecule has 0 aliphatic heterocycles. The zero-order valence-electron chi connectivity index (χ0n) is 12.7. The van der Waals surface area contributed by atoms with Crippen molar-refractivity contribution in [2.24, 2.45) is 4.99 Å². The van der Waals surface area contributed by atoms with Crippen LogP contribution in [0.2, 0.25) is 0 Å². The minimum Gasteiger partial charge on any atom is -0.356 e. The number of nitrogens with one attached hydrogen (secondary N) is 1. The maximum absolute atomic E-state index is 4.22. The Labute approximate surface area is 143 Å². The van der Waals surface area contributed by atoms with Crippen molar-refractivity contribution in [2.45, 2.75) is 6.42 Å². The third kappa shape index (κ3) is 5.04. The van der Waals surface area contributed by atoms with Gasteiger partial charge in [0.05, 0.1) is 5.69 Å². The summed E-state index contributed by atoms with van der Waals surface area (Å²) in [7, 11) is 5.75. The zero-order valence-corrected chi connectivity index (χ0v) is 15.0. The van der Waals surface area contributed by atoms with Crippen LogP contribution in [-0.2, 0) is 6.42 Å². The molecule has 1 aromatic heterocycles. The average Bonchev–Trinajstić information content (AvgIpc) is 2.98. The second-order valence-electron chi connectivity index (χ2n) is 4.74. The summed E-state index contributed by atoms with van der Waals surface area (Å²) < 4.78 is 1.86. The zero-order chi connectivity index (χ0) is 14.4. The molecule has 0 atom stereocenters. The van der Waals surface area contributed by atoms with Crippen molar-refractivity contribution < 1.29 is 0 Å². The van der Waals surface area contributed by atoms with Gasteiger partial charge in [-0.05, 0) is 30.2 Å². The standard InChI is InChI=1S/C15H21N5.HI/c1-16-15(19(2)3)17-11-9-13-5-7-14(8-6-13)20-12-4-10-18-20;/h4-8,10,12H,9,11H2,1-3H3,(H,16,17);1H. The van der Waals surface area contributed by atoms with Crippen LogP contribution in [-0.4, -0.2) is 48.3 Å². The largest absolute Gasteiger partial charge is 0.356 e. The number of aromatic nitrogens is 2. The van der Waals surface area contributed by atoms with Crippen LogP contribution in [0.15, 0.2) is 47.7 Å². The van der Waals surface area contributed by atoms with Crippen LogP contribution in [0.5, 0.6) is 0 Å². The molecule has 0 spiro atoms. The van der Waals surface area contributed by atoms with Crippen molar-refractivity contribution in [1.29, 1.82) is 0 Å². The molecule has 0 saturated carbocycles. The number of rotatable bonds is 4. The van der Waals surface area contributed by atoms with Crippen LogP contribution in [0.3, 0.4) is 0 Å². The molecule has 0 saturated heterocycles. The first-order valence-corrected chi connectivity index (χ1v) is 6.67. The van der Waals surface area contributed by atoms with Crippen LogP contribution >= 0.6 is 24.0 Å². The number of nitrogens with zero attached hydrogens (tertiary/aromatic N) is 4. The number of hydrogen-bond acceptors (Lipinski definition) is 2. The Morgan fingerprint density at radius 2 is 2.00 bits per heavy atom. The van der Waals surface area contributed by atoms with E-state index < -0.39 is 0 Å². The molecule has 2 rings (SSSR count). The third-order valence-corrected chi connectivity index (χ3v) is 3.04. The van der Waals surface area contributed by atoms with Gasteiger partial charge in [-0.15, -0.1) is 24.0 Å². The molecule has 0 radical (unpaired) electrons. The van der Waals surface area contributed by atoms with Gasteiger partial charge in [0.15, 0.2) is 5.96 Å². The first-order valence-electron chi connectivity index (χ1n) is 6.67. The van der Waals surface area contributed by atoms with E-state index >= 15 is 0 Å². The Bertz CT molecular complexity index is 546. The van der Waals surface area contributed by atoms with Crippen LogP contribution in [0, 0.1) is 0 Å². The fourth-order valence-electron chi connectivity index (χ4n) is 1.99. The summed E-state index contributed by atoms with van der Waals surface area (Å²) in [6, 6.07) is 10.4. The molecular formula is C15H22IN5. The number of aliphatic imine (C=N–C) groups is 1. The molecule has 0 amide bonds. The highest BCUT2D eigenvalue weighted by atomic mass is 127.